The first kappa shape index (κ1) is 15.3. The van der Waals surface area contributed by atoms with E-state index in [0.717, 1.165) is 27.4 Å². The van der Waals surface area contributed by atoms with E-state index < -0.39 is 0 Å². The molecule has 0 amide bonds. The Morgan fingerprint density at radius 1 is 0.913 bits per heavy atom. The van der Waals surface area contributed by atoms with E-state index in [4.69, 9.17) is 11.6 Å². The highest BCUT2D eigenvalue weighted by Gasteiger charge is 2.03. The summed E-state index contributed by atoms with van der Waals surface area (Å²) < 4.78 is 0. The van der Waals surface area contributed by atoms with E-state index in [9.17, 15) is 5.11 Å². The van der Waals surface area contributed by atoms with Crippen LogP contribution in [0.5, 0.6) is 5.75 Å². The summed E-state index contributed by atoms with van der Waals surface area (Å²) in [5.74, 6) is 0.239. The predicted molar refractivity (Wildman–Crippen MR) is 97.0 cm³/mol. The average molecular weight is 322 g/mol. The first-order chi connectivity index (χ1) is 11.1. The average Bonchev–Trinajstić information content (AvgIpc) is 2.57. The minimum absolute atomic E-state index is 0.239. The minimum atomic E-state index is 0.239. The minimum Gasteiger partial charge on any atom is -0.508 e. The van der Waals surface area contributed by atoms with E-state index in [1.165, 1.54) is 5.56 Å². The Kier molecular flexibility index (Phi) is 4.45. The summed E-state index contributed by atoms with van der Waals surface area (Å²) in [5.41, 5.74) is 5.11. The maximum absolute atomic E-state index is 9.26. The molecule has 0 saturated carbocycles. The number of halogens is 1. The monoisotopic (exact) mass is 321 g/mol. The third kappa shape index (κ3) is 3.79. The van der Waals surface area contributed by atoms with Crippen LogP contribution in [0.1, 0.15) is 11.1 Å². The molecule has 3 aromatic rings. The van der Waals surface area contributed by atoms with Crippen molar-refractivity contribution in [3.05, 3.63) is 82.9 Å². The molecular formula is C20H16ClNO. The number of aryl methyl sites for hydroxylation is 1. The first-order valence-electron chi connectivity index (χ1n) is 7.31. The van der Waals surface area contributed by atoms with Gasteiger partial charge in [0.05, 0.1) is 5.69 Å². The molecule has 3 aromatic carbocycles. The van der Waals surface area contributed by atoms with Gasteiger partial charge in [-0.1, -0.05) is 47.5 Å². The number of nitrogens with zero attached hydrogens (tertiary/aromatic N) is 1. The van der Waals surface area contributed by atoms with Crippen LogP contribution in [0.25, 0.3) is 11.1 Å². The molecule has 0 radical (unpaired) electrons. The number of benzene rings is 3. The predicted octanol–water partition coefficient (Wildman–Crippen LogP) is 5.77. The van der Waals surface area contributed by atoms with Crippen LogP contribution in [-0.4, -0.2) is 11.3 Å². The Hall–Kier alpha value is -2.58. The lowest BCUT2D eigenvalue weighted by atomic mass is 10.0. The van der Waals surface area contributed by atoms with Crippen molar-refractivity contribution in [2.24, 2.45) is 4.99 Å². The van der Waals surface area contributed by atoms with Gasteiger partial charge in [0.2, 0.25) is 0 Å². The van der Waals surface area contributed by atoms with Crippen molar-refractivity contribution in [2.75, 3.05) is 0 Å². The zero-order valence-corrected chi connectivity index (χ0v) is 13.5. The van der Waals surface area contributed by atoms with Crippen molar-refractivity contribution in [1.29, 1.82) is 0 Å². The van der Waals surface area contributed by atoms with E-state index in [-0.39, 0.29) is 5.75 Å². The Morgan fingerprint density at radius 2 is 1.61 bits per heavy atom. The second-order valence-corrected chi connectivity index (χ2v) is 5.79. The van der Waals surface area contributed by atoms with Gasteiger partial charge in [-0.15, -0.1) is 0 Å². The van der Waals surface area contributed by atoms with Gasteiger partial charge in [0, 0.05) is 16.8 Å². The van der Waals surface area contributed by atoms with Crippen LogP contribution in [0.3, 0.4) is 0 Å². The first-order valence-corrected chi connectivity index (χ1v) is 7.69. The van der Waals surface area contributed by atoms with Crippen molar-refractivity contribution in [2.45, 2.75) is 6.92 Å². The Morgan fingerprint density at radius 3 is 2.30 bits per heavy atom. The number of phenolic OH excluding ortho intramolecular Hbond substituents is 1. The summed E-state index contributed by atoms with van der Waals surface area (Å²) in [5, 5.41) is 10.0. The molecule has 3 heteroatoms. The lowest BCUT2D eigenvalue weighted by molar-refractivity contribution is 0.475. The van der Waals surface area contributed by atoms with E-state index in [0.29, 0.717) is 0 Å². The number of phenols is 1. The highest BCUT2D eigenvalue weighted by Crippen LogP contribution is 2.28. The molecule has 23 heavy (non-hydrogen) atoms. The Bertz CT molecular complexity index is 837. The topological polar surface area (TPSA) is 32.6 Å². The summed E-state index contributed by atoms with van der Waals surface area (Å²) >= 11 is 6.28. The molecule has 3 rings (SSSR count). The van der Waals surface area contributed by atoms with E-state index >= 15 is 0 Å². The quantitative estimate of drug-likeness (QED) is 0.610. The van der Waals surface area contributed by atoms with Gasteiger partial charge in [-0.25, -0.2) is 0 Å². The smallest absolute Gasteiger partial charge is 0.115 e. The van der Waals surface area contributed by atoms with Gasteiger partial charge in [-0.3, -0.25) is 4.99 Å². The van der Waals surface area contributed by atoms with Gasteiger partial charge in [0.25, 0.3) is 0 Å². The molecule has 0 heterocycles. The molecule has 1 N–H and O–H groups in total. The lowest BCUT2D eigenvalue weighted by Gasteiger charge is -2.06. The second kappa shape index (κ2) is 6.67. The summed E-state index contributed by atoms with van der Waals surface area (Å²) in [6.07, 6.45) is 1.80. The van der Waals surface area contributed by atoms with E-state index in [1.807, 2.05) is 36.4 Å². The van der Waals surface area contributed by atoms with Crippen LogP contribution in [0.4, 0.5) is 5.69 Å². The fourth-order valence-electron chi connectivity index (χ4n) is 2.30. The fraction of sp³-hybridized carbons (Fsp3) is 0.0500. The van der Waals surface area contributed by atoms with Gasteiger partial charge in [0.1, 0.15) is 5.75 Å². The van der Waals surface area contributed by atoms with Crippen LogP contribution in [0, 0.1) is 6.92 Å². The zero-order chi connectivity index (χ0) is 16.2. The third-order valence-corrected chi connectivity index (χ3v) is 3.89. The van der Waals surface area contributed by atoms with Crippen LogP contribution in [0.15, 0.2) is 71.7 Å². The number of aromatic hydroxyl groups is 1. The van der Waals surface area contributed by atoms with Crippen molar-refractivity contribution in [3.8, 4) is 16.9 Å². The van der Waals surface area contributed by atoms with Crippen LogP contribution in [0.2, 0.25) is 5.02 Å². The number of aliphatic imine (C=N–C) groups is 1. The lowest BCUT2D eigenvalue weighted by Crippen LogP contribution is -1.84. The maximum atomic E-state index is 9.26. The molecule has 0 aliphatic heterocycles. The standard InChI is InChI=1S/C20H16ClNO/c1-14-2-11-20(21)19(12-14)16-5-3-15(4-6-16)13-22-17-7-9-18(23)10-8-17/h2-13,23H,1H3/b22-13+. The molecule has 114 valence electrons. The van der Waals surface area contributed by atoms with Gasteiger partial charge in [-0.05, 0) is 54.4 Å². The SMILES string of the molecule is Cc1ccc(Cl)c(-c2ccc(/C=N/c3ccc(O)cc3)cc2)c1. The van der Waals surface area contributed by atoms with Crippen molar-refractivity contribution < 1.29 is 5.11 Å². The molecule has 0 aliphatic rings. The number of hydrogen-bond donors (Lipinski definition) is 1. The molecule has 0 spiro atoms. The van der Waals surface area contributed by atoms with E-state index in [2.05, 4.69) is 18.0 Å². The Balaban J connectivity index is 1.82. The molecule has 0 bridgehead atoms. The zero-order valence-electron chi connectivity index (χ0n) is 12.7. The molecular weight excluding hydrogens is 306 g/mol. The second-order valence-electron chi connectivity index (χ2n) is 5.38. The fourth-order valence-corrected chi connectivity index (χ4v) is 2.52. The Labute approximate surface area is 140 Å². The summed E-state index contributed by atoms with van der Waals surface area (Å²) in [6, 6.07) is 20.9. The van der Waals surface area contributed by atoms with Crippen molar-refractivity contribution >= 4 is 23.5 Å². The van der Waals surface area contributed by atoms with E-state index in [1.54, 1.807) is 30.5 Å². The van der Waals surface area contributed by atoms with Crippen LogP contribution in [-0.2, 0) is 0 Å². The molecule has 0 atom stereocenters. The summed E-state index contributed by atoms with van der Waals surface area (Å²) in [4.78, 5) is 4.39. The molecule has 0 saturated heterocycles. The van der Waals surface area contributed by atoms with Crippen LogP contribution >= 0.6 is 11.6 Å². The van der Waals surface area contributed by atoms with Crippen molar-refractivity contribution in [1.82, 2.24) is 0 Å². The molecule has 0 aliphatic carbocycles. The summed E-state index contributed by atoms with van der Waals surface area (Å²) in [6.45, 7) is 2.05. The van der Waals surface area contributed by atoms with Gasteiger partial charge in [0.15, 0.2) is 0 Å². The highest BCUT2D eigenvalue weighted by molar-refractivity contribution is 6.33. The molecule has 0 unspecified atom stereocenters. The third-order valence-electron chi connectivity index (χ3n) is 3.56. The van der Waals surface area contributed by atoms with Gasteiger partial charge >= 0.3 is 0 Å². The largest absolute Gasteiger partial charge is 0.508 e. The molecule has 0 fully saturated rings. The summed E-state index contributed by atoms with van der Waals surface area (Å²) in [7, 11) is 0. The maximum Gasteiger partial charge on any atom is 0.115 e. The number of rotatable bonds is 3. The number of hydrogen-bond acceptors (Lipinski definition) is 2. The van der Waals surface area contributed by atoms with Gasteiger partial charge in [-0.2, -0.15) is 0 Å². The van der Waals surface area contributed by atoms with Crippen LogP contribution < -0.4 is 0 Å². The highest BCUT2D eigenvalue weighted by atomic mass is 35.5. The van der Waals surface area contributed by atoms with Gasteiger partial charge < -0.3 is 5.11 Å². The normalized spacial score (nSPS) is 11.0. The van der Waals surface area contributed by atoms with Crippen molar-refractivity contribution in [3.63, 3.8) is 0 Å². The molecule has 2 nitrogen and oxygen atoms in total. The molecule has 0 aromatic heterocycles.